The van der Waals surface area contributed by atoms with Crippen LogP contribution in [0.3, 0.4) is 0 Å². The highest BCUT2D eigenvalue weighted by Gasteiger charge is 2.26. The Morgan fingerprint density at radius 2 is 2.50 bits per heavy atom. The average molecular weight is 205 g/mol. The highest BCUT2D eigenvalue weighted by Crippen LogP contribution is 2.34. The molecule has 0 aliphatic carbocycles. The largest absolute Gasteiger partial charge is 0.384 e. The van der Waals surface area contributed by atoms with E-state index in [1.165, 1.54) is 11.3 Å². The molecular formula is C8H9ClO2S. The molecule has 1 aromatic rings. The van der Waals surface area contributed by atoms with Gasteiger partial charge in [-0.25, -0.2) is 0 Å². The second-order valence-corrected chi connectivity index (χ2v) is 4.07. The molecule has 0 aromatic carbocycles. The molecule has 0 fully saturated rings. The van der Waals surface area contributed by atoms with Crippen molar-refractivity contribution in [2.24, 2.45) is 0 Å². The third-order valence-electron chi connectivity index (χ3n) is 1.59. The summed E-state index contributed by atoms with van der Waals surface area (Å²) in [5.74, 6) is 0. The summed E-state index contributed by atoms with van der Waals surface area (Å²) in [6, 6.07) is 1.71. The van der Waals surface area contributed by atoms with Gasteiger partial charge in [0.05, 0.1) is 9.90 Å². The van der Waals surface area contributed by atoms with Crippen molar-refractivity contribution in [3.05, 3.63) is 21.3 Å². The summed E-state index contributed by atoms with van der Waals surface area (Å²) < 4.78 is 0. The second-order valence-electron chi connectivity index (χ2n) is 2.74. The average Bonchev–Trinajstić information content (AvgIpc) is 2.35. The number of rotatable bonds is 3. The van der Waals surface area contributed by atoms with Crippen LogP contribution in [-0.2, 0) is 10.4 Å². The molecule has 1 heterocycles. The molecule has 0 saturated carbocycles. The molecule has 0 radical (unpaired) electrons. The van der Waals surface area contributed by atoms with Gasteiger partial charge in [0, 0.05) is 6.42 Å². The zero-order chi connectivity index (χ0) is 9.19. The van der Waals surface area contributed by atoms with E-state index in [9.17, 15) is 9.90 Å². The van der Waals surface area contributed by atoms with E-state index in [1.807, 2.05) is 0 Å². The monoisotopic (exact) mass is 204 g/mol. The van der Waals surface area contributed by atoms with Crippen LogP contribution in [0.5, 0.6) is 0 Å². The van der Waals surface area contributed by atoms with Gasteiger partial charge in [0.15, 0.2) is 0 Å². The summed E-state index contributed by atoms with van der Waals surface area (Å²) in [6.07, 6.45) is 0.767. The van der Waals surface area contributed by atoms with Gasteiger partial charge in [-0.3, -0.25) is 0 Å². The first-order valence-electron chi connectivity index (χ1n) is 3.47. The molecule has 0 aliphatic heterocycles. The van der Waals surface area contributed by atoms with E-state index in [1.54, 1.807) is 18.4 Å². The Balaban J connectivity index is 2.96. The normalized spacial score (nSPS) is 15.6. The van der Waals surface area contributed by atoms with Crippen molar-refractivity contribution in [2.75, 3.05) is 0 Å². The molecule has 0 spiro atoms. The number of halogens is 1. The Morgan fingerprint density at radius 1 is 1.83 bits per heavy atom. The van der Waals surface area contributed by atoms with Crippen LogP contribution in [0.4, 0.5) is 0 Å². The van der Waals surface area contributed by atoms with Gasteiger partial charge in [0.1, 0.15) is 11.9 Å². The van der Waals surface area contributed by atoms with Crippen LogP contribution in [-0.4, -0.2) is 11.4 Å². The smallest absolute Gasteiger partial charge is 0.123 e. The van der Waals surface area contributed by atoms with Crippen molar-refractivity contribution < 1.29 is 9.90 Å². The third-order valence-corrected chi connectivity index (χ3v) is 3.18. The molecule has 1 N–H and O–H groups in total. The van der Waals surface area contributed by atoms with Gasteiger partial charge < -0.3 is 9.90 Å². The highest BCUT2D eigenvalue weighted by atomic mass is 35.5. The summed E-state index contributed by atoms with van der Waals surface area (Å²) in [5, 5.41) is 12.1. The third kappa shape index (κ3) is 1.86. The van der Waals surface area contributed by atoms with Crippen LogP contribution in [0.1, 0.15) is 18.2 Å². The summed E-state index contributed by atoms with van der Waals surface area (Å²) >= 11 is 7.15. The Labute approximate surface area is 79.8 Å². The molecule has 2 nitrogen and oxygen atoms in total. The number of hydrogen-bond acceptors (Lipinski definition) is 3. The van der Waals surface area contributed by atoms with Gasteiger partial charge in [0.25, 0.3) is 0 Å². The van der Waals surface area contributed by atoms with Crippen molar-refractivity contribution in [3.63, 3.8) is 0 Å². The van der Waals surface area contributed by atoms with Crippen LogP contribution < -0.4 is 0 Å². The highest BCUT2D eigenvalue weighted by molar-refractivity contribution is 7.10. The SMILES string of the molecule is CC(O)(CC=O)c1sccc1Cl. The molecule has 0 aliphatic rings. The first-order chi connectivity index (χ1) is 5.58. The van der Waals surface area contributed by atoms with E-state index in [0.717, 1.165) is 0 Å². The number of carbonyl (C=O) groups is 1. The molecule has 1 atom stereocenters. The molecule has 1 unspecified atom stereocenters. The van der Waals surface area contributed by atoms with Gasteiger partial charge in [-0.2, -0.15) is 0 Å². The lowest BCUT2D eigenvalue weighted by Gasteiger charge is -2.18. The number of carbonyl (C=O) groups excluding carboxylic acids is 1. The zero-order valence-corrected chi connectivity index (χ0v) is 8.15. The van der Waals surface area contributed by atoms with Crippen molar-refractivity contribution in [3.8, 4) is 0 Å². The minimum atomic E-state index is -1.12. The lowest BCUT2D eigenvalue weighted by atomic mass is 10.0. The molecule has 0 amide bonds. The Hall–Kier alpha value is -0.380. The molecule has 0 saturated heterocycles. The number of aldehydes is 1. The number of aliphatic hydroxyl groups is 1. The van der Waals surface area contributed by atoms with Crippen LogP contribution in [0.15, 0.2) is 11.4 Å². The summed E-state index contributed by atoms with van der Waals surface area (Å²) in [7, 11) is 0. The summed E-state index contributed by atoms with van der Waals surface area (Å²) in [4.78, 5) is 10.9. The van der Waals surface area contributed by atoms with E-state index < -0.39 is 5.60 Å². The van der Waals surface area contributed by atoms with Crippen molar-refractivity contribution in [1.82, 2.24) is 0 Å². The fourth-order valence-corrected chi connectivity index (χ4v) is 2.27. The zero-order valence-electron chi connectivity index (χ0n) is 6.58. The topological polar surface area (TPSA) is 37.3 Å². The van der Waals surface area contributed by atoms with E-state index in [0.29, 0.717) is 16.2 Å². The number of thiophene rings is 1. The fourth-order valence-electron chi connectivity index (χ4n) is 0.933. The van der Waals surface area contributed by atoms with Crippen LogP contribution in [0.25, 0.3) is 0 Å². The van der Waals surface area contributed by atoms with Gasteiger partial charge in [-0.15, -0.1) is 11.3 Å². The van der Waals surface area contributed by atoms with Crippen LogP contribution in [0, 0.1) is 0 Å². The van der Waals surface area contributed by atoms with Crippen molar-refractivity contribution in [1.29, 1.82) is 0 Å². The Kier molecular flexibility index (Phi) is 2.88. The molecule has 1 rings (SSSR count). The molecule has 66 valence electrons. The van der Waals surface area contributed by atoms with E-state index in [-0.39, 0.29) is 6.42 Å². The fraction of sp³-hybridized carbons (Fsp3) is 0.375. The predicted molar refractivity (Wildman–Crippen MR) is 49.6 cm³/mol. The van der Waals surface area contributed by atoms with E-state index in [4.69, 9.17) is 11.6 Å². The van der Waals surface area contributed by atoms with Crippen LogP contribution >= 0.6 is 22.9 Å². The number of hydrogen-bond donors (Lipinski definition) is 1. The standard InChI is InChI=1S/C8H9ClO2S/c1-8(11,3-4-10)7-6(9)2-5-12-7/h2,4-5,11H,3H2,1H3. The van der Waals surface area contributed by atoms with Crippen molar-refractivity contribution >= 4 is 29.2 Å². The quantitative estimate of drug-likeness (QED) is 0.767. The van der Waals surface area contributed by atoms with E-state index >= 15 is 0 Å². The van der Waals surface area contributed by atoms with Gasteiger partial charge in [-0.05, 0) is 18.4 Å². The molecule has 0 bridgehead atoms. The molecule has 1 aromatic heterocycles. The van der Waals surface area contributed by atoms with Crippen molar-refractivity contribution in [2.45, 2.75) is 18.9 Å². The first-order valence-corrected chi connectivity index (χ1v) is 4.73. The maximum Gasteiger partial charge on any atom is 0.123 e. The summed E-state index contributed by atoms with van der Waals surface area (Å²) in [5.41, 5.74) is -1.12. The minimum Gasteiger partial charge on any atom is -0.384 e. The molecule has 12 heavy (non-hydrogen) atoms. The van der Waals surface area contributed by atoms with Crippen LogP contribution in [0.2, 0.25) is 5.02 Å². The molecule has 4 heteroatoms. The maximum absolute atomic E-state index is 10.2. The van der Waals surface area contributed by atoms with Gasteiger partial charge in [0.2, 0.25) is 0 Å². The van der Waals surface area contributed by atoms with E-state index in [2.05, 4.69) is 0 Å². The lowest BCUT2D eigenvalue weighted by molar-refractivity contribution is -0.111. The molecular weight excluding hydrogens is 196 g/mol. The van der Waals surface area contributed by atoms with Gasteiger partial charge >= 0.3 is 0 Å². The first kappa shape index (κ1) is 9.71. The van der Waals surface area contributed by atoms with Gasteiger partial charge in [-0.1, -0.05) is 11.6 Å². The second kappa shape index (κ2) is 3.56. The lowest BCUT2D eigenvalue weighted by Crippen LogP contribution is -2.20. The maximum atomic E-state index is 10.2. The predicted octanol–water partition coefficient (Wildman–Crippen LogP) is 2.20. The Bertz CT molecular complexity index is 280. The minimum absolute atomic E-state index is 0.0766. The summed E-state index contributed by atoms with van der Waals surface area (Å²) in [6.45, 7) is 1.58. The Morgan fingerprint density at radius 3 is 2.92 bits per heavy atom.